The Bertz CT molecular complexity index is 880. The van der Waals surface area contributed by atoms with E-state index in [-0.39, 0.29) is 17.6 Å². The van der Waals surface area contributed by atoms with E-state index in [9.17, 15) is 9.59 Å². The zero-order chi connectivity index (χ0) is 20.5. The summed E-state index contributed by atoms with van der Waals surface area (Å²) in [7, 11) is 1.60. The molecular weight excluding hydrogens is 372 g/mol. The van der Waals surface area contributed by atoms with E-state index in [0.717, 1.165) is 21.7 Å². The molecule has 1 aliphatic heterocycles. The smallest absolute Gasteiger partial charge is 0.287 e. The maximum absolute atomic E-state index is 12.3. The summed E-state index contributed by atoms with van der Waals surface area (Å²) in [6.45, 7) is 6.43. The molecule has 0 radical (unpaired) electrons. The van der Waals surface area contributed by atoms with Gasteiger partial charge in [-0.2, -0.15) is 0 Å². The molecule has 0 spiro atoms. The van der Waals surface area contributed by atoms with Gasteiger partial charge in [-0.3, -0.25) is 9.59 Å². The third-order valence-corrected chi connectivity index (χ3v) is 4.83. The van der Waals surface area contributed by atoms with Crippen molar-refractivity contribution in [1.82, 2.24) is 15.4 Å². The SMILES string of the molecule is CC.CNC(=O)c1ccccc1CCNC(=O)C1=Nc2ccc(C)cc2SN1. The molecule has 7 heteroatoms. The van der Waals surface area contributed by atoms with Gasteiger partial charge in [-0.1, -0.05) is 38.1 Å². The Morgan fingerprint density at radius 3 is 2.61 bits per heavy atom. The lowest BCUT2D eigenvalue weighted by Gasteiger charge is -2.16. The maximum atomic E-state index is 12.3. The van der Waals surface area contributed by atoms with Gasteiger partial charge in [-0.05, 0) is 54.6 Å². The number of hydrogen-bond donors (Lipinski definition) is 3. The number of amides is 2. The van der Waals surface area contributed by atoms with Crippen molar-refractivity contribution in [3.63, 3.8) is 0 Å². The van der Waals surface area contributed by atoms with Gasteiger partial charge in [0.05, 0.1) is 10.6 Å². The average molecular weight is 399 g/mol. The summed E-state index contributed by atoms with van der Waals surface area (Å²) in [5.41, 5.74) is 3.45. The van der Waals surface area contributed by atoms with E-state index in [0.29, 0.717) is 18.5 Å². The highest BCUT2D eigenvalue weighted by Gasteiger charge is 2.18. The molecule has 0 aliphatic carbocycles. The molecule has 2 aromatic carbocycles. The fourth-order valence-electron chi connectivity index (χ4n) is 2.63. The lowest BCUT2D eigenvalue weighted by atomic mass is 10.0. The first kappa shape index (κ1) is 21.5. The summed E-state index contributed by atoms with van der Waals surface area (Å²) in [5.74, 6) is -0.111. The second-order valence-corrected chi connectivity index (χ2v) is 6.73. The minimum atomic E-state index is -0.263. The van der Waals surface area contributed by atoms with Crippen LogP contribution in [0.1, 0.15) is 35.3 Å². The van der Waals surface area contributed by atoms with Gasteiger partial charge >= 0.3 is 0 Å². The Labute approximate surface area is 170 Å². The second-order valence-electron chi connectivity index (χ2n) is 5.88. The van der Waals surface area contributed by atoms with Crippen LogP contribution in [-0.4, -0.2) is 31.2 Å². The van der Waals surface area contributed by atoms with Gasteiger partial charge in [0.1, 0.15) is 0 Å². The van der Waals surface area contributed by atoms with E-state index in [1.807, 2.05) is 57.2 Å². The lowest BCUT2D eigenvalue weighted by Crippen LogP contribution is -2.39. The largest absolute Gasteiger partial charge is 0.355 e. The van der Waals surface area contributed by atoms with E-state index in [1.54, 1.807) is 13.1 Å². The molecule has 0 bridgehead atoms. The van der Waals surface area contributed by atoms with Crippen LogP contribution in [0.25, 0.3) is 0 Å². The molecule has 0 unspecified atom stereocenters. The minimum Gasteiger partial charge on any atom is -0.355 e. The zero-order valence-electron chi connectivity index (χ0n) is 16.6. The van der Waals surface area contributed by atoms with Crippen LogP contribution in [0.15, 0.2) is 52.4 Å². The molecule has 0 fully saturated rings. The fraction of sp³-hybridized carbons (Fsp3) is 0.286. The van der Waals surface area contributed by atoms with Crippen LogP contribution >= 0.6 is 11.9 Å². The summed E-state index contributed by atoms with van der Waals surface area (Å²) in [4.78, 5) is 29.6. The molecule has 2 amide bonds. The van der Waals surface area contributed by atoms with E-state index in [1.165, 1.54) is 11.9 Å². The fourth-order valence-corrected chi connectivity index (χ4v) is 3.44. The molecule has 3 N–H and O–H groups in total. The van der Waals surface area contributed by atoms with Gasteiger partial charge in [0, 0.05) is 19.2 Å². The minimum absolute atomic E-state index is 0.131. The molecular formula is C21H26N4O2S. The highest BCUT2D eigenvalue weighted by atomic mass is 32.2. The van der Waals surface area contributed by atoms with Gasteiger partial charge < -0.3 is 15.4 Å². The Morgan fingerprint density at radius 2 is 1.86 bits per heavy atom. The summed E-state index contributed by atoms with van der Waals surface area (Å²) in [6, 6.07) is 13.3. The summed E-state index contributed by atoms with van der Waals surface area (Å²) < 4.78 is 2.98. The number of hydrogen-bond acceptors (Lipinski definition) is 5. The topological polar surface area (TPSA) is 82.6 Å². The summed E-state index contributed by atoms with van der Waals surface area (Å²) in [6.07, 6.45) is 0.561. The van der Waals surface area contributed by atoms with Crippen LogP contribution in [0.4, 0.5) is 5.69 Å². The van der Waals surface area contributed by atoms with Crippen LogP contribution in [0.3, 0.4) is 0 Å². The van der Waals surface area contributed by atoms with E-state index >= 15 is 0 Å². The zero-order valence-corrected chi connectivity index (χ0v) is 17.4. The third-order valence-electron chi connectivity index (χ3n) is 3.99. The number of fused-ring (bicyclic) bond motifs is 1. The van der Waals surface area contributed by atoms with Gasteiger partial charge in [0.15, 0.2) is 0 Å². The molecule has 28 heavy (non-hydrogen) atoms. The molecule has 1 aliphatic rings. The molecule has 0 saturated carbocycles. The molecule has 148 valence electrons. The highest BCUT2D eigenvalue weighted by molar-refractivity contribution is 7.98. The van der Waals surface area contributed by atoms with Crippen LogP contribution in [-0.2, 0) is 11.2 Å². The van der Waals surface area contributed by atoms with Crippen molar-refractivity contribution in [2.45, 2.75) is 32.1 Å². The van der Waals surface area contributed by atoms with Gasteiger partial charge in [0.2, 0.25) is 5.84 Å². The van der Waals surface area contributed by atoms with Crippen molar-refractivity contribution >= 4 is 35.3 Å². The first-order chi connectivity index (χ1) is 13.6. The van der Waals surface area contributed by atoms with Gasteiger partial charge in [-0.15, -0.1) is 0 Å². The normalized spacial score (nSPS) is 11.8. The molecule has 0 saturated heterocycles. The van der Waals surface area contributed by atoms with E-state index in [2.05, 4.69) is 20.3 Å². The van der Waals surface area contributed by atoms with Crippen molar-refractivity contribution in [2.75, 3.05) is 13.6 Å². The molecule has 2 aromatic rings. The first-order valence-corrected chi connectivity index (χ1v) is 10.1. The number of rotatable bonds is 5. The molecule has 6 nitrogen and oxygen atoms in total. The number of aryl methyl sites for hydroxylation is 1. The third kappa shape index (κ3) is 5.36. The van der Waals surface area contributed by atoms with Crippen molar-refractivity contribution in [1.29, 1.82) is 0 Å². The number of carbonyl (C=O) groups is 2. The first-order valence-electron chi connectivity index (χ1n) is 9.29. The van der Waals surface area contributed by atoms with Crippen molar-refractivity contribution in [2.24, 2.45) is 4.99 Å². The number of carbonyl (C=O) groups excluding carboxylic acids is 2. The van der Waals surface area contributed by atoms with Crippen LogP contribution in [0.5, 0.6) is 0 Å². The van der Waals surface area contributed by atoms with Crippen molar-refractivity contribution in [3.05, 3.63) is 59.2 Å². The monoisotopic (exact) mass is 398 g/mol. The molecule has 1 heterocycles. The molecule has 0 atom stereocenters. The highest BCUT2D eigenvalue weighted by Crippen LogP contribution is 2.31. The van der Waals surface area contributed by atoms with Crippen LogP contribution < -0.4 is 15.4 Å². The molecule has 0 aromatic heterocycles. The number of aliphatic imine (C=N–C) groups is 1. The number of nitrogens with zero attached hydrogens (tertiary/aromatic N) is 1. The Kier molecular flexibility index (Phi) is 8.07. The second kappa shape index (κ2) is 10.5. The molecule has 3 rings (SSSR count). The Balaban J connectivity index is 0.00000136. The van der Waals surface area contributed by atoms with E-state index < -0.39 is 0 Å². The van der Waals surface area contributed by atoms with Crippen LogP contribution in [0.2, 0.25) is 0 Å². The van der Waals surface area contributed by atoms with Crippen LogP contribution in [0, 0.1) is 6.92 Å². The lowest BCUT2D eigenvalue weighted by molar-refractivity contribution is -0.114. The Morgan fingerprint density at radius 1 is 1.11 bits per heavy atom. The Hall–Kier alpha value is -2.80. The summed E-state index contributed by atoms with van der Waals surface area (Å²) >= 11 is 1.38. The van der Waals surface area contributed by atoms with Crippen molar-refractivity contribution < 1.29 is 9.59 Å². The van der Waals surface area contributed by atoms with Gasteiger partial charge in [0.25, 0.3) is 11.8 Å². The number of nitrogens with one attached hydrogen (secondary N) is 3. The quantitative estimate of drug-likeness (QED) is 0.675. The predicted octanol–water partition coefficient (Wildman–Crippen LogP) is 3.38. The van der Waals surface area contributed by atoms with E-state index in [4.69, 9.17) is 0 Å². The average Bonchev–Trinajstić information content (AvgIpc) is 2.74. The number of amidine groups is 1. The predicted molar refractivity (Wildman–Crippen MR) is 115 cm³/mol. The van der Waals surface area contributed by atoms with Gasteiger partial charge in [-0.25, -0.2) is 4.99 Å². The number of benzene rings is 2. The maximum Gasteiger partial charge on any atom is 0.287 e. The van der Waals surface area contributed by atoms with Crippen molar-refractivity contribution in [3.8, 4) is 0 Å². The standard InChI is InChI=1S/C19H20N4O2S.C2H6/c1-12-7-8-15-16(11-12)26-23-17(22-15)19(25)21-10-9-13-5-3-4-6-14(13)18(24)20-2;1-2/h3-8,11H,9-10H2,1-2H3,(H,20,24)(H,21,25)(H,22,23);1-2H3. The summed E-state index contributed by atoms with van der Waals surface area (Å²) in [5, 5.41) is 5.48.